The molecule has 0 aliphatic carbocycles. The average molecular weight is 568 g/mol. The van der Waals surface area contributed by atoms with E-state index < -0.39 is 34.3 Å². The fourth-order valence-corrected chi connectivity index (χ4v) is 5.49. The van der Waals surface area contributed by atoms with Crippen LogP contribution < -0.4 is 9.62 Å². The molecule has 0 radical (unpaired) electrons. The Morgan fingerprint density at radius 2 is 1.52 bits per heavy atom. The van der Waals surface area contributed by atoms with Crippen molar-refractivity contribution in [2.45, 2.75) is 71.5 Å². The third-order valence-electron chi connectivity index (χ3n) is 7.10. The van der Waals surface area contributed by atoms with E-state index in [4.69, 9.17) is 0 Å². The van der Waals surface area contributed by atoms with Crippen LogP contribution in [-0.2, 0) is 26.2 Å². The summed E-state index contributed by atoms with van der Waals surface area (Å²) in [5, 5.41) is 2.89. The van der Waals surface area contributed by atoms with Gasteiger partial charge in [-0.1, -0.05) is 42.8 Å². The van der Waals surface area contributed by atoms with Crippen molar-refractivity contribution in [1.29, 1.82) is 0 Å². The Labute approximate surface area is 237 Å². The van der Waals surface area contributed by atoms with Gasteiger partial charge < -0.3 is 10.2 Å². The molecule has 0 spiro atoms. The highest BCUT2D eigenvalue weighted by Gasteiger charge is 2.33. The molecule has 1 N–H and O–H groups in total. The van der Waals surface area contributed by atoms with Gasteiger partial charge in [0.1, 0.15) is 18.4 Å². The van der Waals surface area contributed by atoms with Gasteiger partial charge in [-0.05, 0) is 94.1 Å². The molecule has 0 saturated carbocycles. The van der Waals surface area contributed by atoms with E-state index in [1.54, 1.807) is 43.3 Å². The molecule has 2 amide bonds. The maximum Gasteiger partial charge on any atom is 0.264 e. The Morgan fingerprint density at radius 3 is 2.10 bits per heavy atom. The van der Waals surface area contributed by atoms with Crippen molar-refractivity contribution in [1.82, 2.24) is 10.2 Å². The molecule has 2 atom stereocenters. The SMILES string of the molecule is CCC(C)NC(=O)C(C)N(Cc1ccc(F)cc1)C(=O)CN(c1ccc(C)c(C)c1)S(=O)(=O)c1ccc(C)cc1. The number of hydrogen-bond donors (Lipinski definition) is 1. The Balaban J connectivity index is 2.04. The van der Waals surface area contributed by atoms with Gasteiger partial charge in [-0.25, -0.2) is 12.8 Å². The number of benzene rings is 3. The van der Waals surface area contributed by atoms with Gasteiger partial charge in [0, 0.05) is 12.6 Å². The Kier molecular flexibility index (Phi) is 10.1. The molecule has 0 aliphatic rings. The zero-order valence-corrected chi connectivity index (χ0v) is 24.8. The summed E-state index contributed by atoms with van der Waals surface area (Å²) in [7, 11) is -4.14. The topological polar surface area (TPSA) is 86.8 Å². The summed E-state index contributed by atoms with van der Waals surface area (Å²) in [5.41, 5.74) is 3.71. The van der Waals surface area contributed by atoms with Crippen LogP contribution in [0.3, 0.4) is 0 Å². The van der Waals surface area contributed by atoms with Crippen LogP contribution >= 0.6 is 0 Å². The van der Waals surface area contributed by atoms with Crippen molar-refractivity contribution >= 4 is 27.5 Å². The van der Waals surface area contributed by atoms with E-state index in [1.807, 2.05) is 40.7 Å². The zero-order valence-electron chi connectivity index (χ0n) is 23.9. The number of halogens is 1. The molecule has 3 aromatic rings. The van der Waals surface area contributed by atoms with E-state index in [2.05, 4.69) is 5.32 Å². The maximum atomic E-state index is 13.9. The predicted molar refractivity (Wildman–Crippen MR) is 156 cm³/mol. The summed E-state index contributed by atoms with van der Waals surface area (Å²) in [6.07, 6.45) is 0.708. The smallest absolute Gasteiger partial charge is 0.264 e. The van der Waals surface area contributed by atoms with Crippen molar-refractivity contribution in [3.05, 3.63) is 94.8 Å². The van der Waals surface area contributed by atoms with Crippen molar-refractivity contribution < 1.29 is 22.4 Å². The zero-order chi connectivity index (χ0) is 29.6. The first-order valence-corrected chi connectivity index (χ1v) is 14.8. The molecule has 0 aromatic heterocycles. The number of amides is 2. The molecule has 0 aliphatic heterocycles. The molecule has 2 unspecified atom stereocenters. The van der Waals surface area contributed by atoms with Crippen LogP contribution in [0.15, 0.2) is 71.6 Å². The molecule has 0 saturated heterocycles. The number of carbonyl (C=O) groups excluding carboxylic acids is 2. The molecule has 3 rings (SSSR count). The van der Waals surface area contributed by atoms with E-state index in [9.17, 15) is 22.4 Å². The van der Waals surface area contributed by atoms with E-state index in [-0.39, 0.29) is 23.4 Å². The van der Waals surface area contributed by atoms with Crippen LogP contribution in [0.5, 0.6) is 0 Å². The fraction of sp³-hybridized carbons (Fsp3) is 0.355. The van der Waals surface area contributed by atoms with Crippen LogP contribution in [-0.4, -0.2) is 43.8 Å². The van der Waals surface area contributed by atoms with Gasteiger partial charge in [-0.3, -0.25) is 13.9 Å². The lowest BCUT2D eigenvalue weighted by Gasteiger charge is -2.32. The number of sulfonamides is 1. The molecular weight excluding hydrogens is 529 g/mol. The Bertz CT molecular complexity index is 1440. The third-order valence-corrected chi connectivity index (χ3v) is 8.89. The number of nitrogens with zero attached hydrogens (tertiary/aromatic N) is 2. The highest BCUT2D eigenvalue weighted by Crippen LogP contribution is 2.27. The van der Waals surface area contributed by atoms with Gasteiger partial charge in [0.2, 0.25) is 11.8 Å². The summed E-state index contributed by atoms with van der Waals surface area (Å²) >= 11 is 0. The predicted octanol–water partition coefficient (Wildman–Crippen LogP) is 5.28. The minimum Gasteiger partial charge on any atom is -0.352 e. The van der Waals surface area contributed by atoms with Gasteiger partial charge in [0.15, 0.2) is 0 Å². The number of aryl methyl sites for hydroxylation is 3. The maximum absolute atomic E-state index is 13.9. The molecule has 0 bridgehead atoms. The largest absolute Gasteiger partial charge is 0.352 e. The van der Waals surface area contributed by atoms with Crippen molar-refractivity contribution in [2.75, 3.05) is 10.8 Å². The molecule has 214 valence electrons. The van der Waals surface area contributed by atoms with Crippen LogP contribution in [0.2, 0.25) is 0 Å². The van der Waals surface area contributed by atoms with Gasteiger partial charge in [0.25, 0.3) is 10.0 Å². The molecule has 7 nitrogen and oxygen atoms in total. The molecule has 40 heavy (non-hydrogen) atoms. The lowest BCUT2D eigenvalue weighted by molar-refractivity contribution is -0.139. The third kappa shape index (κ3) is 7.47. The van der Waals surface area contributed by atoms with Crippen molar-refractivity contribution in [2.24, 2.45) is 0 Å². The number of hydrogen-bond acceptors (Lipinski definition) is 4. The number of nitrogens with one attached hydrogen (secondary N) is 1. The van der Waals surface area contributed by atoms with Crippen LogP contribution in [0.25, 0.3) is 0 Å². The number of carbonyl (C=O) groups is 2. The normalized spacial score (nSPS) is 12.9. The van der Waals surface area contributed by atoms with Gasteiger partial charge >= 0.3 is 0 Å². The summed E-state index contributed by atoms with van der Waals surface area (Å²) in [4.78, 5) is 28.4. The van der Waals surface area contributed by atoms with E-state index in [0.717, 1.165) is 21.0 Å². The Morgan fingerprint density at radius 1 is 0.900 bits per heavy atom. The Hall–Kier alpha value is -3.72. The summed E-state index contributed by atoms with van der Waals surface area (Å²) < 4.78 is 42.5. The molecule has 0 fully saturated rings. The van der Waals surface area contributed by atoms with Crippen molar-refractivity contribution in [3.8, 4) is 0 Å². The van der Waals surface area contributed by atoms with Crippen molar-refractivity contribution in [3.63, 3.8) is 0 Å². The average Bonchev–Trinajstić information content (AvgIpc) is 2.92. The fourth-order valence-electron chi connectivity index (χ4n) is 4.08. The summed E-state index contributed by atoms with van der Waals surface area (Å²) in [6, 6.07) is 16.3. The quantitative estimate of drug-likeness (QED) is 0.342. The first-order chi connectivity index (χ1) is 18.8. The molecule has 0 heterocycles. The second-order valence-corrected chi connectivity index (χ2v) is 12.1. The van der Waals surface area contributed by atoms with Gasteiger partial charge in [0.05, 0.1) is 10.6 Å². The minimum atomic E-state index is -4.14. The highest BCUT2D eigenvalue weighted by atomic mass is 32.2. The molecule has 3 aromatic carbocycles. The lowest BCUT2D eigenvalue weighted by atomic mass is 10.1. The number of anilines is 1. The second kappa shape index (κ2) is 13.1. The molecular formula is C31H38FN3O4S. The van der Waals surface area contributed by atoms with Crippen LogP contribution in [0.4, 0.5) is 10.1 Å². The highest BCUT2D eigenvalue weighted by molar-refractivity contribution is 7.92. The summed E-state index contributed by atoms with van der Waals surface area (Å²) in [6.45, 7) is 10.5. The monoisotopic (exact) mass is 567 g/mol. The van der Waals surface area contributed by atoms with Gasteiger partial charge in [-0.2, -0.15) is 0 Å². The first kappa shape index (κ1) is 30.8. The summed E-state index contributed by atoms with van der Waals surface area (Å²) in [5.74, 6) is -1.34. The van der Waals surface area contributed by atoms with E-state index in [0.29, 0.717) is 17.7 Å². The standard InChI is InChI=1S/C31H38FN3O4S/c1-7-24(5)33-31(37)25(6)34(19-26-11-13-27(32)14-12-26)30(36)20-35(28-15-10-22(3)23(4)18-28)40(38,39)29-16-8-21(2)9-17-29/h8-18,24-25H,7,19-20H2,1-6H3,(H,33,37). The lowest BCUT2D eigenvalue weighted by Crippen LogP contribution is -2.52. The minimum absolute atomic E-state index is 0.000446. The molecule has 9 heteroatoms. The van der Waals surface area contributed by atoms with E-state index in [1.165, 1.54) is 29.2 Å². The van der Waals surface area contributed by atoms with Crippen LogP contribution in [0, 0.1) is 26.6 Å². The van der Waals surface area contributed by atoms with E-state index >= 15 is 0 Å². The number of rotatable bonds is 11. The second-order valence-electron chi connectivity index (χ2n) is 10.2. The van der Waals surface area contributed by atoms with Crippen LogP contribution in [0.1, 0.15) is 49.4 Å². The van der Waals surface area contributed by atoms with Gasteiger partial charge in [-0.15, -0.1) is 0 Å². The first-order valence-electron chi connectivity index (χ1n) is 13.3.